The normalized spacial score (nSPS) is 16.5. The molecule has 1 aromatic rings. The number of nitrogens with one attached hydrogen (secondary N) is 1. The molecule has 4 nitrogen and oxygen atoms in total. The van der Waals surface area contributed by atoms with Gasteiger partial charge in [0, 0.05) is 11.9 Å². The topological polar surface area (TPSA) is 69.6 Å². The smallest absolute Gasteiger partial charge is 0.258 e. The number of amides is 1. The summed E-state index contributed by atoms with van der Waals surface area (Å²) in [6, 6.07) is 4.25. The van der Waals surface area contributed by atoms with Crippen molar-refractivity contribution in [2.45, 2.75) is 12.8 Å². The van der Waals surface area contributed by atoms with Crippen molar-refractivity contribution in [1.29, 1.82) is 0 Å². The van der Waals surface area contributed by atoms with E-state index in [1.807, 2.05) is 0 Å². The number of alkyl halides is 1. The van der Waals surface area contributed by atoms with Gasteiger partial charge < -0.3 is 15.5 Å². The number of phenolic OH excluding ortho intramolecular Hbond substituents is 2. The Morgan fingerprint density at radius 1 is 1.35 bits per heavy atom. The molecule has 0 saturated heterocycles. The van der Waals surface area contributed by atoms with Gasteiger partial charge in [0.05, 0.1) is 0 Å². The van der Waals surface area contributed by atoms with Crippen LogP contribution in [-0.4, -0.2) is 28.0 Å². The van der Waals surface area contributed by atoms with Gasteiger partial charge in [-0.15, -0.1) is 0 Å². The fourth-order valence-electron chi connectivity index (χ4n) is 1.65. The van der Waals surface area contributed by atoms with Gasteiger partial charge in [0.1, 0.15) is 17.1 Å². The Hall–Kier alpha value is -1.23. The summed E-state index contributed by atoms with van der Waals surface area (Å²) >= 11 is 3.42. The highest BCUT2D eigenvalue weighted by atomic mass is 79.9. The summed E-state index contributed by atoms with van der Waals surface area (Å²) in [7, 11) is 0. The fourth-order valence-corrected chi connectivity index (χ4v) is 2.41. The first-order valence-corrected chi connectivity index (χ1v) is 6.55. The summed E-state index contributed by atoms with van der Waals surface area (Å²) in [6.07, 6.45) is 2.18. The zero-order valence-corrected chi connectivity index (χ0v) is 10.8. The van der Waals surface area contributed by atoms with Gasteiger partial charge in [-0.25, -0.2) is 0 Å². The number of hydrogen-bond donors (Lipinski definition) is 3. The number of rotatable bonds is 4. The molecule has 1 saturated carbocycles. The lowest BCUT2D eigenvalue weighted by Gasteiger charge is -2.13. The molecule has 1 aliphatic rings. The number of phenols is 2. The number of carbonyl (C=O) groups is 1. The minimum Gasteiger partial charge on any atom is -0.507 e. The molecule has 1 aromatic carbocycles. The maximum Gasteiger partial charge on any atom is 0.258 e. The van der Waals surface area contributed by atoms with Crippen LogP contribution in [-0.2, 0) is 0 Å². The van der Waals surface area contributed by atoms with Crippen LogP contribution in [0.4, 0.5) is 0 Å². The number of aromatic hydroxyl groups is 2. The minimum atomic E-state index is -0.437. The molecule has 1 amide bonds. The lowest BCUT2D eigenvalue weighted by molar-refractivity contribution is 0.0941. The fraction of sp³-hybridized carbons (Fsp3) is 0.417. The highest BCUT2D eigenvalue weighted by Crippen LogP contribution is 2.46. The van der Waals surface area contributed by atoms with Crippen LogP contribution in [0.3, 0.4) is 0 Å². The first kappa shape index (κ1) is 12.2. The zero-order valence-electron chi connectivity index (χ0n) is 9.24. The predicted octanol–water partition coefficient (Wildman–Crippen LogP) is 2.00. The molecular formula is C12H14BrNO3. The molecule has 1 fully saturated rings. The van der Waals surface area contributed by atoms with Gasteiger partial charge in [-0.2, -0.15) is 0 Å². The van der Waals surface area contributed by atoms with E-state index in [0.717, 1.165) is 18.2 Å². The summed E-state index contributed by atoms with van der Waals surface area (Å²) in [5, 5.41) is 22.7. The van der Waals surface area contributed by atoms with E-state index in [0.29, 0.717) is 6.54 Å². The van der Waals surface area contributed by atoms with Crippen molar-refractivity contribution in [2.75, 3.05) is 11.9 Å². The molecular weight excluding hydrogens is 286 g/mol. The molecule has 1 aliphatic carbocycles. The quantitative estimate of drug-likeness (QED) is 0.745. The van der Waals surface area contributed by atoms with E-state index in [4.69, 9.17) is 0 Å². The van der Waals surface area contributed by atoms with E-state index in [2.05, 4.69) is 21.2 Å². The van der Waals surface area contributed by atoms with Crippen LogP contribution in [0, 0.1) is 5.41 Å². The van der Waals surface area contributed by atoms with Gasteiger partial charge in [0.15, 0.2) is 0 Å². The van der Waals surface area contributed by atoms with Crippen molar-refractivity contribution in [2.24, 2.45) is 5.41 Å². The molecule has 0 radical (unpaired) electrons. The highest BCUT2D eigenvalue weighted by molar-refractivity contribution is 9.09. The summed E-state index contributed by atoms with van der Waals surface area (Å²) < 4.78 is 0. The van der Waals surface area contributed by atoms with Crippen LogP contribution in [0.2, 0.25) is 0 Å². The molecule has 17 heavy (non-hydrogen) atoms. The molecule has 0 unspecified atom stereocenters. The molecule has 0 aromatic heterocycles. The Morgan fingerprint density at radius 2 is 1.94 bits per heavy atom. The van der Waals surface area contributed by atoms with Crippen LogP contribution < -0.4 is 5.32 Å². The standard InChI is InChI=1S/C12H14BrNO3/c13-6-12(4-5-12)7-14-11(17)10-8(15)2-1-3-9(10)16/h1-3,15-16H,4-7H2,(H,14,17). The predicted molar refractivity (Wildman–Crippen MR) is 67.6 cm³/mol. The first-order valence-electron chi connectivity index (χ1n) is 5.43. The number of halogens is 1. The van der Waals surface area contributed by atoms with Crippen molar-refractivity contribution >= 4 is 21.8 Å². The maximum atomic E-state index is 11.8. The van der Waals surface area contributed by atoms with E-state index in [1.54, 1.807) is 0 Å². The summed E-state index contributed by atoms with van der Waals surface area (Å²) in [4.78, 5) is 11.8. The van der Waals surface area contributed by atoms with Gasteiger partial charge in [-0.05, 0) is 30.4 Å². The summed E-state index contributed by atoms with van der Waals surface area (Å²) in [5.41, 5.74) is 0.105. The lowest BCUT2D eigenvalue weighted by atomic mass is 10.1. The second kappa shape index (κ2) is 4.56. The summed E-state index contributed by atoms with van der Waals surface area (Å²) in [5.74, 6) is -0.842. The van der Waals surface area contributed by atoms with Crippen molar-refractivity contribution < 1.29 is 15.0 Å². The third-order valence-electron chi connectivity index (χ3n) is 3.11. The first-order chi connectivity index (χ1) is 8.08. The van der Waals surface area contributed by atoms with Crippen LogP contribution in [0.5, 0.6) is 11.5 Å². The second-order valence-corrected chi connectivity index (χ2v) is 5.05. The van der Waals surface area contributed by atoms with Crippen LogP contribution in [0.1, 0.15) is 23.2 Å². The van der Waals surface area contributed by atoms with Crippen molar-refractivity contribution in [3.05, 3.63) is 23.8 Å². The zero-order chi connectivity index (χ0) is 12.5. The van der Waals surface area contributed by atoms with Crippen molar-refractivity contribution in [3.8, 4) is 11.5 Å². The molecule has 0 bridgehead atoms. The Bertz CT molecular complexity index is 423. The minimum absolute atomic E-state index is 0.0575. The Morgan fingerprint density at radius 3 is 2.41 bits per heavy atom. The SMILES string of the molecule is O=C(NCC1(CBr)CC1)c1c(O)cccc1O. The Kier molecular flexibility index (Phi) is 3.28. The third-order valence-corrected chi connectivity index (χ3v) is 4.30. The van der Waals surface area contributed by atoms with E-state index in [1.165, 1.54) is 18.2 Å². The van der Waals surface area contributed by atoms with E-state index >= 15 is 0 Å². The lowest BCUT2D eigenvalue weighted by Crippen LogP contribution is -2.31. The van der Waals surface area contributed by atoms with Crippen molar-refractivity contribution in [3.63, 3.8) is 0 Å². The Balaban J connectivity index is 2.05. The molecule has 0 atom stereocenters. The van der Waals surface area contributed by atoms with Gasteiger partial charge in [-0.3, -0.25) is 4.79 Å². The Labute approximate surface area is 108 Å². The largest absolute Gasteiger partial charge is 0.507 e. The molecule has 0 spiro atoms. The van der Waals surface area contributed by atoms with Crippen molar-refractivity contribution in [1.82, 2.24) is 5.32 Å². The van der Waals surface area contributed by atoms with Crippen LogP contribution in [0.25, 0.3) is 0 Å². The molecule has 92 valence electrons. The highest BCUT2D eigenvalue weighted by Gasteiger charge is 2.41. The van der Waals surface area contributed by atoms with Gasteiger partial charge in [-0.1, -0.05) is 22.0 Å². The van der Waals surface area contributed by atoms with E-state index in [9.17, 15) is 15.0 Å². The van der Waals surface area contributed by atoms with Gasteiger partial charge in [0.25, 0.3) is 5.91 Å². The molecule has 5 heteroatoms. The number of hydrogen-bond acceptors (Lipinski definition) is 3. The monoisotopic (exact) mass is 299 g/mol. The molecule has 0 aliphatic heterocycles. The third kappa shape index (κ3) is 2.54. The van der Waals surface area contributed by atoms with E-state index < -0.39 is 5.91 Å². The number of benzene rings is 1. The van der Waals surface area contributed by atoms with Crippen LogP contribution in [0.15, 0.2) is 18.2 Å². The van der Waals surface area contributed by atoms with E-state index in [-0.39, 0.29) is 22.5 Å². The average molecular weight is 300 g/mol. The number of carbonyl (C=O) groups excluding carboxylic acids is 1. The molecule has 0 heterocycles. The second-order valence-electron chi connectivity index (χ2n) is 4.49. The van der Waals surface area contributed by atoms with Gasteiger partial charge >= 0.3 is 0 Å². The summed E-state index contributed by atoms with van der Waals surface area (Å²) in [6.45, 7) is 0.560. The molecule has 2 rings (SSSR count). The maximum absolute atomic E-state index is 11.8. The van der Waals surface area contributed by atoms with Crippen LogP contribution >= 0.6 is 15.9 Å². The van der Waals surface area contributed by atoms with Gasteiger partial charge in [0.2, 0.25) is 0 Å². The average Bonchev–Trinajstić information content (AvgIpc) is 3.07. The molecule has 3 N–H and O–H groups in total.